The van der Waals surface area contributed by atoms with Crippen LogP contribution < -0.4 is 0 Å². The first-order chi connectivity index (χ1) is 16.3. The van der Waals surface area contributed by atoms with E-state index >= 15 is 0 Å². The molecule has 0 atom stereocenters. The molecule has 0 aromatic heterocycles. The van der Waals surface area contributed by atoms with Crippen LogP contribution in [0, 0.1) is 0 Å². The molecule has 0 heterocycles. The molecule has 0 aromatic rings. The molecule has 0 saturated heterocycles. The van der Waals surface area contributed by atoms with Gasteiger partial charge in [-0.05, 0) is 19.0 Å². The van der Waals surface area contributed by atoms with Gasteiger partial charge < -0.3 is 15.1 Å². The van der Waals surface area contributed by atoms with Gasteiger partial charge in [-0.3, -0.25) is 0 Å². The molecule has 0 radical (unpaired) electrons. The number of aliphatic hydroxyl groups is 2. The van der Waals surface area contributed by atoms with Crippen LogP contribution in [0.1, 0.15) is 155 Å². The lowest BCUT2D eigenvalue weighted by atomic mass is 10.0. The molecule has 3 nitrogen and oxygen atoms in total. The number of hydrogen-bond donors (Lipinski definition) is 2. The van der Waals surface area contributed by atoms with Crippen molar-refractivity contribution in [2.45, 2.75) is 155 Å². The van der Waals surface area contributed by atoms with Crippen LogP contribution in [-0.2, 0) is 0 Å². The summed E-state index contributed by atoms with van der Waals surface area (Å²) in [4.78, 5) is 1.98. The van der Waals surface area contributed by atoms with E-state index < -0.39 is 0 Å². The van der Waals surface area contributed by atoms with E-state index in [2.05, 4.69) is 13.0 Å². The van der Waals surface area contributed by atoms with Gasteiger partial charge in [0.1, 0.15) is 0 Å². The van der Waals surface area contributed by atoms with Crippen molar-refractivity contribution in [2.24, 2.45) is 0 Å². The third kappa shape index (κ3) is 27.6. The summed E-state index contributed by atoms with van der Waals surface area (Å²) < 4.78 is 0. The third-order valence-electron chi connectivity index (χ3n) is 6.81. The third-order valence-corrected chi connectivity index (χ3v) is 6.81. The minimum atomic E-state index is 0.143. The highest BCUT2D eigenvalue weighted by atomic mass is 16.3. The molecule has 0 saturated carbocycles. The summed E-state index contributed by atoms with van der Waals surface area (Å²) in [7, 11) is 0. The number of nitrogens with zero attached hydrogens (tertiary/aromatic N) is 1. The smallest absolute Gasteiger partial charge is 0.0606 e. The molecule has 0 aliphatic rings. The molecule has 0 unspecified atom stereocenters. The van der Waals surface area contributed by atoms with Gasteiger partial charge in [-0.15, -0.1) is 0 Å². The molecular formula is C30H61NO2. The zero-order valence-corrected chi connectivity index (χ0v) is 22.6. The number of aliphatic hydroxyl groups excluding tert-OH is 2. The molecule has 0 bridgehead atoms. The predicted octanol–water partition coefficient (Wildman–Crippen LogP) is 8.78. The quantitative estimate of drug-likeness (QED) is 0.113. The summed E-state index contributed by atoms with van der Waals surface area (Å²) >= 11 is 0. The molecular weight excluding hydrogens is 406 g/mol. The fourth-order valence-electron chi connectivity index (χ4n) is 4.61. The Morgan fingerprint density at radius 3 is 1.06 bits per heavy atom. The van der Waals surface area contributed by atoms with Crippen LogP contribution in [-0.4, -0.2) is 41.4 Å². The normalized spacial score (nSPS) is 11.6. The number of rotatable bonds is 28. The molecule has 0 aliphatic carbocycles. The van der Waals surface area contributed by atoms with Crippen LogP contribution in [0.4, 0.5) is 0 Å². The van der Waals surface area contributed by atoms with E-state index in [0.29, 0.717) is 13.1 Å². The molecule has 2 N–H and O–H groups in total. The maximum absolute atomic E-state index is 8.99. The molecule has 0 aromatic carbocycles. The second kappa shape index (κ2) is 29.5. The summed E-state index contributed by atoms with van der Waals surface area (Å²) in [5.74, 6) is 0. The molecule has 0 spiro atoms. The van der Waals surface area contributed by atoms with Crippen LogP contribution in [0.25, 0.3) is 0 Å². The standard InChI is InChI=1S/C30H61NO2/c1-2-3-4-5-6-7-8-9-10-11-12-13-14-15-16-17-18-19-20-21-22-23-24-25-26-31(27-29-32)28-30-33/h25-26,32-33H,2-24,27-30H2,1H3. The Kier molecular flexibility index (Phi) is 29.0. The van der Waals surface area contributed by atoms with Crippen LogP contribution in [0.15, 0.2) is 12.3 Å². The van der Waals surface area contributed by atoms with Gasteiger partial charge in [-0.2, -0.15) is 0 Å². The van der Waals surface area contributed by atoms with Gasteiger partial charge >= 0.3 is 0 Å². The summed E-state index contributed by atoms with van der Waals surface area (Å²) in [5.41, 5.74) is 0. The largest absolute Gasteiger partial charge is 0.395 e. The minimum absolute atomic E-state index is 0.143. The zero-order valence-electron chi connectivity index (χ0n) is 22.6. The van der Waals surface area contributed by atoms with Crippen molar-refractivity contribution in [1.29, 1.82) is 0 Å². The molecule has 0 aliphatic heterocycles. The van der Waals surface area contributed by atoms with E-state index in [0.717, 1.165) is 6.42 Å². The number of unbranched alkanes of at least 4 members (excludes halogenated alkanes) is 22. The first-order valence-electron chi connectivity index (χ1n) is 15.0. The van der Waals surface area contributed by atoms with E-state index in [9.17, 15) is 0 Å². The Labute approximate surface area is 208 Å². The Hall–Kier alpha value is -0.540. The maximum atomic E-state index is 8.99. The summed E-state index contributed by atoms with van der Waals surface area (Å²) in [6.07, 6.45) is 36.7. The van der Waals surface area contributed by atoms with Crippen molar-refractivity contribution in [3.8, 4) is 0 Å². The second-order valence-corrected chi connectivity index (χ2v) is 10.1. The lowest BCUT2D eigenvalue weighted by Crippen LogP contribution is -2.24. The molecule has 33 heavy (non-hydrogen) atoms. The monoisotopic (exact) mass is 467 g/mol. The van der Waals surface area contributed by atoms with Gasteiger partial charge in [-0.1, -0.05) is 148 Å². The van der Waals surface area contributed by atoms with E-state index in [4.69, 9.17) is 10.2 Å². The highest BCUT2D eigenvalue weighted by molar-refractivity contribution is 4.82. The first kappa shape index (κ1) is 32.5. The van der Waals surface area contributed by atoms with Gasteiger partial charge in [0.05, 0.1) is 13.2 Å². The number of hydrogen-bond acceptors (Lipinski definition) is 3. The van der Waals surface area contributed by atoms with Crippen LogP contribution >= 0.6 is 0 Å². The van der Waals surface area contributed by atoms with Crippen LogP contribution in [0.2, 0.25) is 0 Å². The van der Waals surface area contributed by atoms with E-state index in [1.807, 2.05) is 11.1 Å². The molecule has 3 heteroatoms. The van der Waals surface area contributed by atoms with Crippen molar-refractivity contribution >= 4 is 0 Å². The van der Waals surface area contributed by atoms with Crippen molar-refractivity contribution in [3.05, 3.63) is 12.3 Å². The van der Waals surface area contributed by atoms with Gasteiger partial charge in [0.2, 0.25) is 0 Å². The Balaban J connectivity index is 3.15. The van der Waals surface area contributed by atoms with E-state index in [1.54, 1.807) is 0 Å². The van der Waals surface area contributed by atoms with Gasteiger partial charge in [-0.25, -0.2) is 0 Å². The average molecular weight is 468 g/mol. The SMILES string of the molecule is CCCCCCCCCCCCCCCCCCCCCCCCC=CN(CCO)CCO. The van der Waals surface area contributed by atoms with Crippen molar-refractivity contribution < 1.29 is 10.2 Å². The minimum Gasteiger partial charge on any atom is -0.395 e. The molecule has 198 valence electrons. The van der Waals surface area contributed by atoms with Gasteiger partial charge in [0.25, 0.3) is 0 Å². The molecule has 0 fully saturated rings. The predicted molar refractivity (Wildman–Crippen MR) is 147 cm³/mol. The highest BCUT2D eigenvalue weighted by Gasteiger charge is 1.97. The lowest BCUT2D eigenvalue weighted by molar-refractivity contribution is 0.198. The van der Waals surface area contributed by atoms with E-state index in [-0.39, 0.29) is 13.2 Å². The number of allylic oxidation sites excluding steroid dienone is 1. The first-order valence-corrected chi connectivity index (χ1v) is 15.0. The topological polar surface area (TPSA) is 43.7 Å². The second-order valence-electron chi connectivity index (χ2n) is 10.1. The molecule has 0 rings (SSSR count). The van der Waals surface area contributed by atoms with Gasteiger partial charge in [0, 0.05) is 13.1 Å². The summed E-state index contributed by atoms with van der Waals surface area (Å²) in [6, 6.07) is 0. The van der Waals surface area contributed by atoms with Crippen molar-refractivity contribution in [3.63, 3.8) is 0 Å². The zero-order chi connectivity index (χ0) is 24.1. The van der Waals surface area contributed by atoms with Crippen LogP contribution in [0.3, 0.4) is 0 Å². The van der Waals surface area contributed by atoms with Crippen LogP contribution in [0.5, 0.6) is 0 Å². The average Bonchev–Trinajstić information content (AvgIpc) is 2.82. The molecule has 0 amide bonds. The summed E-state index contributed by atoms with van der Waals surface area (Å²) in [5, 5.41) is 18.0. The lowest BCUT2D eigenvalue weighted by Gasteiger charge is -2.17. The Morgan fingerprint density at radius 2 is 0.758 bits per heavy atom. The fourth-order valence-corrected chi connectivity index (χ4v) is 4.61. The fraction of sp³-hybridized carbons (Fsp3) is 0.933. The summed E-state index contributed by atoms with van der Waals surface area (Å²) in [6.45, 7) is 3.80. The maximum Gasteiger partial charge on any atom is 0.0606 e. The Morgan fingerprint density at radius 1 is 0.455 bits per heavy atom. The Bertz CT molecular complexity index is 366. The van der Waals surface area contributed by atoms with E-state index in [1.165, 1.54) is 141 Å². The highest BCUT2D eigenvalue weighted by Crippen LogP contribution is 2.15. The van der Waals surface area contributed by atoms with Crippen molar-refractivity contribution in [1.82, 2.24) is 4.90 Å². The van der Waals surface area contributed by atoms with Crippen molar-refractivity contribution in [2.75, 3.05) is 26.3 Å². The van der Waals surface area contributed by atoms with Gasteiger partial charge in [0.15, 0.2) is 0 Å².